The summed E-state index contributed by atoms with van der Waals surface area (Å²) in [7, 11) is 0. The zero-order valence-electron chi connectivity index (χ0n) is 9.67. The van der Waals surface area contributed by atoms with Gasteiger partial charge in [0.05, 0.1) is 6.54 Å². The molecule has 0 spiro atoms. The SMILES string of the molecule is CC(=O)N1C=CN(Cc2ccccc2)C(=O)C1. The molecule has 0 radical (unpaired) electrons. The Morgan fingerprint density at radius 1 is 1.24 bits per heavy atom. The maximum absolute atomic E-state index is 11.8. The minimum atomic E-state index is -0.117. The predicted molar refractivity (Wildman–Crippen MR) is 63.5 cm³/mol. The first-order chi connectivity index (χ1) is 8.16. The van der Waals surface area contributed by atoms with E-state index in [4.69, 9.17) is 0 Å². The maximum atomic E-state index is 11.8. The molecule has 2 rings (SSSR count). The lowest BCUT2D eigenvalue weighted by Gasteiger charge is -2.27. The van der Waals surface area contributed by atoms with Crippen LogP contribution >= 0.6 is 0 Å². The molecule has 0 bridgehead atoms. The summed E-state index contributed by atoms with van der Waals surface area (Å²) in [6.07, 6.45) is 3.30. The van der Waals surface area contributed by atoms with Gasteiger partial charge in [-0.1, -0.05) is 30.3 Å². The smallest absolute Gasteiger partial charge is 0.246 e. The molecule has 0 aliphatic carbocycles. The first-order valence-electron chi connectivity index (χ1n) is 5.46. The minimum absolute atomic E-state index is 0.0634. The van der Waals surface area contributed by atoms with Gasteiger partial charge in [-0.2, -0.15) is 0 Å². The van der Waals surface area contributed by atoms with Gasteiger partial charge in [-0.15, -0.1) is 0 Å². The van der Waals surface area contributed by atoms with Crippen LogP contribution in [0.5, 0.6) is 0 Å². The normalized spacial score (nSPS) is 15.2. The number of nitrogens with zero attached hydrogens (tertiary/aromatic N) is 2. The van der Waals surface area contributed by atoms with Gasteiger partial charge in [-0.3, -0.25) is 9.59 Å². The second-order valence-electron chi connectivity index (χ2n) is 3.95. The Hall–Kier alpha value is -2.10. The van der Waals surface area contributed by atoms with E-state index in [2.05, 4.69) is 0 Å². The van der Waals surface area contributed by atoms with Crippen LogP contribution in [0.25, 0.3) is 0 Å². The zero-order chi connectivity index (χ0) is 12.3. The topological polar surface area (TPSA) is 40.6 Å². The quantitative estimate of drug-likeness (QED) is 0.769. The molecule has 1 aliphatic rings. The molecule has 1 heterocycles. The Bertz CT molecular complexity index is 454. The van der Waals surface area contributed by atoms with Crippen LogP contribution < -0.4 is 0 Å². The highest BCUT2D eigenvalue weighted by molar-refractivity contribution is 5.86. The van der Waals surface area contributed by atoms with Crippen LogP contribution in [0.2, 0.25) is 0 Å². The number of hydrogen-bond acceptors (Lipinski definition) is 2. The molecule has 0 unspecified atom stereocenters. The maximum Gasteiger partial charge on any atom is 0.246 e. The van der Waals surface area contributed by atoms with Crippen molar-refractivity contribution in [3.63, 3.8) is 0 Å². The monoisotopic (exact) mass is 230 g/mol. The second kappa shape index (κ2) is 4.82. The fourth-order valence-corrected chi connectivity index (χ4v) is 1.67. The van der Waals surface area contributed by atoms with Crippen molar-refractivity contribution in [3.8, 4) is 0 Å². The molecule has 0 N–H and O–H groups in total. The van der Waals surface area contributed by atoms with Gasteiger partial charge in [0.25, 0.3) is 0 Å². The van der Waals surface area contributed by atoms with E-state index in [-0.39, 0.29) is 18.4 Å². The summed E-state index contributed by atoms with van der Waals surface area (Å²) in [6.45, 7) is 2.12. The van der Waals surface area contributed by atoms with E-state index < -0.39 is 0 Å². The lowest BCUT2D eigenvalue weighted by atomic mass is 10.2. The summed E-state index contributed by atoms with van der Waals surface area (Å²) in [5.41, 5.74) is 1.07. The third-order valence-electron chi connectivity index (χ3n) is 2.65. The zero-order valence-corrected chi connectivity index (χ0v) is 9.67. The molecule has 88 valence electrons. The van der Waals surface area contributed by atoms with Gasteiger partial charge in [-0.25, -0.2) is 0 Å². The van der Waals surface area contributed by atoms with Crippen molar-refractivity contribution in [2.45, 2.75) is 13.5 Å². The molecule has 0 fully saturated rings. The van der Waals surface area contributed by atoms with Crippen molar-refractivity contribution >= 4 is 11.8 Å². The second-order valence-corrected chi connectivity index (χ2v) is 3.95. The van der Waals surface area contributed by atoms with Gasteiger partial charge < -0.3 is 9.80 Å². The van der Waals surface area contributed by atoms with Crippen LogP contribution in [-0.4, -0.2) is 28.2 Å². The number of benzene rings is 1. The van der Waals surface area contributed by atoms with Crippen molar-refractivity contribution in [3.05, 3.63) is 48.3 Å². The van der Waals surface area contributed by atoms with Crippen molar-refractivity contribution in [1.82, 2.24) is 9.80 Å². The highest BCUT2D eigenvalue weighted by Crippen LogP contribution is 2.10. The summed E-state index contributed by atoms with van der Waals surface area (Å²) in [5, 5.41) is 0. The Balaban J connectivity index is 2.07. The van der Waals surface area contributed by atoms with E-state index in [1.165, 1.54) is 11.8 Å². The summed E-state index contributed by atoms with van der Waals surface area (Å²) in [4.78, 5) is 25.9. The Kier molecular flexibility index (Phi) is 3.23. The van der Waals surface area contributed by atoms with E-state index in [9.17, 15) is 9.59 Å². The van der Waals surface area contributed by atoms with Gasteiger partial charge in [-0.05, 0) is 5.56 Å². The molecule has 4 nitrogen and oxygen atoms in total. The Morgan fingerprint density at radius 2 is 1.94 bits per heavy atom. The molecular formula is C13H14N2O2. The fourth-order valence-electron chi connectivity index (χ4n) is 1.67. The van der Waals surface area contributed by atoms with Gasteiger partial charge in [0.2, 0.25) is 11.8 Å². The van der Waals surface area contributed by atoms with Crippen molar-refractivity contribution in [2.24, 2.45) is 0 Å². The average Bonchev–Trinajstić information content (AvgIpc) is 2.33. The summed E-state index contributed by atoms with van der Waals surface area (Å²) < 4.78 is 0. The summed E-state index contributed by atoms with van der Waals surface area (Å²) in [6, 6.07) is 9.76. The van der Waals surface area contributed by atoms with E-state index >= 15 is 0 Å². The van der Waals surface area contributed by atoms with Gasteiger partial charge in [0.15, 0.2) is 0 Å². The summed E-state index contributed by atoms with van der Waals surface area (Å²) in [5.74, 6) is -0.180. The third kappa shape index (κ3) is 2.72. The molecule has 2 amide bonds. The molecule has 17 heavy (non-hydrogen) atoms. The molecule has 0 atom stereocenters. The van der Waals surface area contributed by atoms with Gasteiger partial charge in [0, 0.05) is 19.3 Å². The molecule has 0 saturated heterocycles. The summed E-state index contributed by atoms with van der Waals surface area (Å²) >= 11 is 0. The lowest BCUT2D eigenvalue weighted by molar-refractivity contribution is -0.137. The number of carbonyl (C=O) groups is 2. The third-order valence-corrected chi connectivity index (χ3v) is 2.65. The van der Waals surface area contributed by atoms with E-state index in [0.29, 0.717) is 6.54 Å². The van der Waals surface area contributed by atoms with E-state index in [0.717, 1.165) is 5.56 Å². The van der Waals surface area contributed by atoms with E-state index in [1.807, 2.05) is 30.3 Å². The average molecular weight is 230 g/mol. The number of carbonyl (C=O) groups excluding carboxylic acids is 2. The lowest BCUT2D eigenvalue weighted by Crippen LogP contribution is -2.41. The molecule has 1 aromatic carbocycles. The first-order valence-corrected chi connectivity index (χ1v) is 5.46. The minimum Gasteiger partial charge on any atom is -0.312 e. The highest BCUT2D eigenvalue weighted by atomic mass is 16.2. The number of hydrogen-bond donors (Lipinski definition) is 0. The van der Waals surface area contributed by atoms with Gasteiger partial charge in [0.1, 0.15) is 6.54 Å². The molecule has 0 aromatic heterocycles. The standard InChI is InChI=1S/C13H14N2O2/c1-11(16)14-7-8-15(13(17)10-14)9-12-5-3-2-4-6-12/h2-8H,9-10H2,1H3. The fraction of sp³-hybridized carbons (Fsp3) is 0.231. The van der Waals surface area contributed by atoms with Crippen LogP contribution in [0.1, 0.15) is 12.5 Å². The number of rotatable bonds is 2. The molecular weight excluding hydrogens is 216 g/mol. The largest absolute Gasteiger partial charge is 0.312 e. The predicted octanol–water partition coefficient (Wildman–Crippen LogP) is 1.35. The highest BCUT2D eigenvalue weighted by Gasteiger charge is 2.20. The van der Waals surface area contributed by atoms with Crippen LogP contribution in [0.4, 0.5) is 0 Å². The van der Waals surface area contributed by atoms with Crippen molar-refractivity contribution < 1.29 is 9.59 Å². The van der Waals surface area contributed by atoms with Crippen LogP contribution in [0.15, 0.2) is 42.7 Å². The van der Waals surface area contributed by atoms with Gasteiger partial charge >= 0.3 is 0 Å². The Labute approximate surface area is 100 Å². The molecule has 4 heteroatoms. The van der Waals surface area contributed by atoms with Crippen LogP contribution in [-0.2, 0) is 16.1 Å². The molecule has 1 aromatic rings. The van der Waals surface area contributed by atoms with Crippen LogP contribution in [0, 0.1) is 0 Å². The molecule has 1 aliphatic heterocycles. The number of amides is 2. The van der Waals surface area contributed by atoms with Crippen molar-refractivity contribution in [2.75, 3.05) is 6.54 Å². The van der Waals surface area contributed by atoms with Crippen molar-refractivity contribution in [1.29, 1.82) is 0 Å². The van der Waals surface area contributed by atoms with Crippen LogP contribution in [0.3, 0.4) is 0 Å². The first kappa shape index (κ1) is 11.4. The molecule has 0 saturated carbocycles. The Morgan fingerprint density at radius 3 is 2.53 bits per heavy atom. The van der Waals surface area contributed by atoms with E-state index in [1.54, 1.807) is 17.3 Å².